The Morgan fingerprint density at radius 1 is 0.485 bits per heavy atom. The third-order valence-corrected chi connectivity index (χ3v) is 17.4. The van der Waals surface area contributed by atoms with E-state index in [-0.39, 0.29) is 59.7 Å². The van der Waals surface area contributed by atoms with Crippen molar-refractivity contribution in [2.24, 2.45) is 5.92 Å². The maximum absolute atomic E-state index is 12.9. The molecule has 1 atom stereocenters. The summed E-state index contributed by atoms with van der Waals surface area (Å²) in [6, 6.07) is 59.8. The summed E-state index contributed by atoms with van der Waals surface area (Å²) in [5, 5.41) is 8.83. The van der Waals surface area contributed by atoms with Gasteiger partial charge >= 0.3 is 0 Å². The number of ether oxygens (including phenoxy) is 1. The Balaban J connectivity index is 0.000000295. The molecule has 7 aromatic rings. The largest absolute Gasteiger partial charge is 0.493 e. The van der Waals surface area contributed by atoms with E-state index in [0.29, 0.717) is 11.8 Å². The number of anilines is 1. The van der Waals surface area contributed by atoms with Crippen LogP contribution in [0.5, 0.6) is 5.75 Å². The van der Waals surface area contributed by atoms with Gasteiger partial charge in [0.05, 0.1) is 24.2 Å². The Morgan fingerprint density at radius 2 is 0.918 bits per heavy atom. The van der Waals surface area contributed by atoms with Crippen molar-refractivity contribution in [1.29, 1.82) is 5.26 Å². The Morgan fingerprint density at radius 3 is 1.34 bits per heavy atom. The summed E-state index contributed by atoms with van der Waals surface area (Å²) in [5.41, 5.74) is 16.2. The highest BCUT2D eigenvalue weighted by Crippen LogP contribution is 2.56. The molecule has 0 aromatic heterocycles. The van der Waals surface area contributed by atoms with Crippen LogP contribution in [-0.2, 0) is 42.7 Å². The topological polar surface area (TPSA) is 53.3 Å². The summed E-state index contributed by atoms with van der Waals surface area (Å²) >= 11 is 0. The molecule has 1 unspecified atom stereocenters. The highest BCUT2D eigenvalue weighted by molar-refractivity contribution is 5.95. The normalized spacial score (nSPS) is 15.4. The molecular formula is C91H122F2N2O2. The van der Waals surface area contributed by atoms with Gasteiger partial charge in [-0.1, -0.05) is 287 Å². The Labute approximate surface area is 589 Å². The fourth-order valence-corrected chi connectivity index (χ4v) is 10.5. The molecule has 0 bridgehead atoms. The van der Waals surface area contributed by atoms with E-state index >= 15 is 0 Å². The summed E-state index contributed by atoms with van der Waals surface area (Å²) in [4.78, 5) is 13.6. The van der Waals surface area contributed by atoms with Gasteiger partial charge < -0.3 is 9.64 Å². The molecule has 0 radical (unpaired) electrons. The van der Waals surface area contributed by atoms with Gasteiger partial charge in [-0.3, -0.25) is 4.79 Å². The Hall–Kier alpha value is -7.72. The van der Waals surface area contributed by atoms with E-state index in [1.807, 2.05) is 83.8 Å². The number of carbonyl (C=O) groups excluding carboxylic acids is 1. The summed E-state index contributed by atoms with van der Waals surface area (Å²) in [6.07, 6.45) is 17.7. The van der Waals surface area contributed by atoms with Crippen molar-refractivity contribution in [2.75, 3.05) is 18.1 Å². The van der Waals surface area contributed by atoms with E-state index in [2.05, 4.69) is 248 Å². The molecule has 3 saturated carbocycles. The molecule has 1 aliphatic heterocycles. The lowest BCUT2D eigenvalue weighted by molar-refractivity contribution is -0.117. The third-order valence-electron chi connectivity index (χ3n) is 17.4. The SMILES string of the molecule is C.C.C#Cc1ccc(C(C)(C)C)cc1.C#Cc1cccc(C(C)(C)C)c1.CC(C)(C)c1cccc(C2CC2(F)F)c1.CC(C)(C)c1cccc(C2CC2)c1.CC(C)(C)c1cccc(N2CCCC2=O)c1.CC(C)(C)c1cccc(OCC2CC2)c1.CC(C)(C)c1ccccc1C#N. The monoisotopic (exact) mass is 1310 g/mol. The van der Waals surface area contributed by atoms with Crippen molar-refractivity contribution in [3.8, 4) is 36.5 Å². The fourth-order valence-electron chi connectivity index (χ4n) is 10.5. The van der Waals surface area contributed by atoms with Crippen LogP contribution in [0.2, 0.25) is 0 Å². The summed E-state index contributed by atoms with van der Waals surface area (Å²) < 4.78 is 31.6. The third kappa shape index (κ3) is 28.0. The molecule has 4 nitrogen and oxygen atoms in total. The van der Waals surface area contributed by atoms with E-state index < -0.39 is 11.8 Å². The van der Waals surface area contributed by atoms with Gasteiger partial charge in [-0.2, -0.15) is 5.26 Å². The van der Waals surface area contributed by atoms with E-state index in [9.17, 15) is 13.6 Å². The van der Waals surface area contributed by atoms with Crippen LogP contribution in [0, 0.1) is 41.9 Å². The first-order chi connectivity index (χ1) is 44.0. The van der Waals surface area contributed by atoms with E-state index in [1.165, 1.54) is 53.5 Å². The predicted octanol–water partition coefficient (Wildman–Crippen LogP) is 24.9. The second kappa shape index (κ2) is 35.2. The lowest BCUT2D eigenvalue weighted by Crippen LogP contribution is -2.24. The molecule has 4 fully saturated rings. The number of hydrogen-bond donors (Lipinski definition) is 0. The van der Waals surface area contributed by atoms with Crippen LogP contribution < -0.4 is 9.64 Å². The van der Waals surface area contributed by atoms with Crippen LogP contribution in [-0.4, -0.2) is 25.0 Å². The van der Waals surface area contributed by atoms with Crippen molar-refractivity contribution in [3.63, 3.8) is 0 Å². The van der Waals surface area contributed by atoms with Gasteiger partial charge in [0, 0.05) is 36.2 Å². The molecule has 6 heteroatoms. The molecule has 97 heavy (non-hydrogen) atoms. The smallest absolute Gasteiger partial charge is 0.255 e. The van der Waals surface area contributed by atoms with E-state index in [4.69, 9.17) is 22.8 Å². The second-order valence-corrected chi connectivity index (χ2v) is 33.4. The zero-order valence-corrected chi connectivity index (χ0v) is 61.9. The molecule has 1 amide bonds. The van der Waals surface area contributed by atoms with E-state index in [1.54, 1.807) is 11.6 Å². The van der Waals surface area contributed by atoms with Crippen LogP contribution in [0.3, 0.4) is 0 Å². The molecule has 1 heterocycles. The van der Waals surface area contributed by atoms with Crippen molar-refractivity contribution in [1.82, 2.24) is 0 Å². The summed E-state index contributed by atoms with van der Waals surface area (Å²) in [5.74, 6) is 5.22. The average Bonchev–Trinajstić information content (AvgIpc) is 1.61. The number of halogens is 2. The quantitative estimate of drug-likeness (QED) is 0.156. The standard InChI is InChI=1S/C14H19NO.C14H20O.C13H16F2.C13H18.2C12H14.C11H13N.2CH4/c1-14(2,3)11-6-4-7-12(10-11)15-9-5-8-13(15)16;1-14(2,3)12-5-4-6-13(9-12)15-10-11-7-8-11;1-12(2,3)10-6-4-5-9(7-10)11-8-13(11,14)15;1-13(2,3)12-6-4-5-11(9-12)10-7-8-10;1-5-10-6-8-11(9-7-10)12(2,3)4;1-5-10-7-6-8-11(9-10)12(2,3)4;1-11(2,3)10-7-5-4-6-9(10)8-12;;/h4,6-7,10H,5,8-9H2,1-3H3;4-6,9,11H,7-8,10H2,1-3H3;4-7,11H,8H2,1-3H3;4-6,9-10H,7-8H2,1-3H3;2*1,6-9H,2-4H3;4-7H,1-3H3;2*1H4. The highest BCUT2D eigenvalue weighted by atomic mass is 19.3. The molecule has 0 spiro atoms. The number of nitriles is 1. The van der Waals surface area contributed by atoms with Gasteiger partial charge in [-0.15, -0.1) is 12.8 Å². The zero-order valence-electron chi connectivity index (χ0n) is 61.9. The molecule has 0 N–H and O–H groups in total. The summed E-state index contributed by atoms with van der Waals surface area (Å²) in [6.45, 7) is 47.6. The maximum atomic E-state index is 12.9. The number of alkyl halides is 2. The predicted molar refractivity (Wildman–Crippen MR) is 414 cm³/mol. The van der Waals surface area contributed by atoms with Crippen molar-refractivity contribution < 1.29 is 18.3 Å². The number of carbonyl (C=O) groups is 1. The first kappa shape index (κ1) is 83.5. The molecule has 11 rings (SSSR count). The van der Waals surface area contributed by atoms with Crippen LogP contribution in [0.15, 0.2) is 170 Å². The fraction of sp³-hybridized carbons (Fsp3) is 0.473. The molecule has 4 aliphatic rings. The van der Waals surface area contributed by atoms with Crippen molar-refractivity contribution >= 4 is 11.6 Å². The van der Waals surface area contributed by atoms with Gasteiger partial charge in [0.2, 0.25) is 5.91 Å². The lowest BCUT2D eigenvalue weighted by atomic mass is 9.84. The van der Waals surface area contributed by atoms with Crippen LogP contribution >= 0.6 is 0 Å². The van der Waals surface area contributed by atoms with Gasteiger partial charge in [-0.05, 0) is 187 Å². The first-order valence-electron chi connectivity index (χ1n) is 34.4. The Kier molecular flexibility index (Phi) is 30.3. The molecule has 522 valence electrons. The zero-order chi connectivity index (χ0) is 71.0. The first-order valence-corrected chi connectivity index (χ1v) is 34.4. The van der Waals surface area contributed by atoms with Crippen LogP contribution in [0.4, 0.5) is 14.5 Å². The molecule has 1 saturated heterocycles. The Bertz CT molecular complexity index is 3710. The highest BCUT2D eigenvalue weighted by Gasteiger charge is 2.57. The number of amides is 1. The van der Waals surface area contributed by atoms with Crippen LogP contribution in [0.25, 0.3) is 0 Å². The average molecular weight is 1310 g/mol. The number of nitrogens with zero attached hydrogens (tertiary/aromatic N) is 2. The minimum atomic E-state index is -2.46. The number of terminal acetylenes is 2. The molecule has 3 aliphatic carbocycles. The minimum absolute atomic E-state index is 0. The van der Waals surface area contributed by atoms with Crippen LogP contribution in [0.1, 0.15) is 284 Å². The number of rotatable bonds is 6. The number of hydrogen-bond acceptors (Lipinski definition) is 3. The maximum Gasteiger partial charge on any atom is 0.255 e. The van der Waals surface area contributed by atoms with Crippen molar-refractivity contribution in [2.45, 2.75) is 261 Å². The van der Waals surface area contributed by atoms with Gasteiger partial charge in [0.15, 0.2) is 0 Å². The second-order valence-electron chi connectivity index (χ2n) is 33.4. The van der Waals surface area contributed by atoms with Gasteiger partial charge in [-0.25, -0.2) is 8.78 Å². The summed E-state index contributed by atoms with van der Waals surface area (Å²) in [7, 11) is 0. The lowest BCUT2D eigenvalue weighted by Gasteiger charge is -2.22. The molecule has 7 aromatic carbocycles. The van der Waals surface area contributed by atoms with Gasteiger partial charge in [0.1, 0.15) is 5.75 Å². The van der Waals surface area contributed by atoms with Gasteiger partial charge in [0.25, 0.3) is 5.92 Å². The molecular weight excluding hydrogens is 1190 g/mol. The number of benzene rings is 7. The van der Waals surface area contributed by atoms with E-state index in [0.717, 1.165) is 76.2 Å². The van der Waals surface area contributed by atoms with Crippen molar-refractivity contribution in [3.05, 3.63) is 237 Å². The minimum Gasteiger partial charge on any atom is -0.493 e.